The van der Waals surface area contributed by atoms with Crippen LogP contribution in [0.25, 0.3) is 0 Å². The fourth-order valence-electron chi connectivity index (χ4n) is 3.86. The Bertz CT molecular complexity index is 918. The van der Waals surface area contributed by atoms with Gasteiger partial charge in [0, 0.05) is 20.1 Å². The van der Waals surface area contributed by atoms with Gasteiger partial charge in [0.05, 0.1) is 13.2 Å². The van der Waals surface area contributed by atoms with Crippen molar-refractivity contribution in [1.82, 2.24) is 15.5 Å². The maximum absolute atomic E-state index is 10.9. The predicted octanol–water partition coefficient (Wildman–Crippen LogP) is 2.68. The number of hydrogen-bond donors (Lipinski definition) is 3. The van der Waals surface area contributed by atoms with Gasteiger partial charge in [-0.25, -0.2) is 0 Å². The molecule has 4 N–H and O–H groups in total. The van der Waals surface area contributed by atoms with Crippen LogP contribution in [-0.4, -0.2) is 57.2 Å². The molecule has 0 spiro atoms. The Morgan fingerprint density at radius 3 is 2.55 bits per heavy atom. The van der Waals surface area contributed by atoms with E-state index in [1.165, 1.54) is 18.4 Å². The minimum absolute atomic E-state index is 0. The molecule has 180 valence electrons. The summed E-state index contributed by atoms with van der Waals surface area (Å²) in [5, 5.41) is 6.82. The zero-order chi connectivity index (χ0) is 22.8. The fourth-order valence-corrected chi connectivity index (χ4v) is 3.86. The van der Waals surface area contributed by atoms with E-state index in [-0.39, 0.29) is 36.6 Å². The largest absolute Gasteiger partial charge is 0.497 e. The number of aliphatic imine (C=N–C) groups is 1. The molecule has 1 unspecified atom stereocenters. The summed E-state index contributed by atoms with van der Waals surface area (Å²) in [7, 11) is 3.46. The van der Waals surface area contributed by atoms with Crippen molar-refractivity contribution in [2.45, 2.75) is 25.4 Å². The molecule has 0 aliphatic carbocycles. The molecule has 33 heavy (non-hydrogen) atoms. The Hall–Kier alpha value is -2.53. The Balaban J connectivity index is 0.00000385. The van der Waals surface area contributed by atoms with Crippen LogP contribution in [-0.2, 0) is 11.3 Å². The van der Waals surface area contributed by atoms with Crippen molar-refractivity contribution in [3.8, 4) is 11.5 Å². The molecule has 1 aliphatic rings. The topological polar surface area (TPSA) is 101 Å². The highest BCUT2D eigenvalue weighted by Crippen LogP contribution is 2.27. The quantitative estimate of drug-likeness (QED) is 0.232. The first-order valence-corrected chi connectivity index (χ1v) is 10.9. The van der Waals surface area contributed by atoms with Gasteiger partial charge in [0.15, 0.2) is 12.6 Å². The van der Waals surface area contributed by atoms with Crippen molar-refractivity contribution in [2.24, 2.45) is 10.7 Å². The average molecular weight is 567 g/mol. The maximum atomic E-state index is 10.9. The molecular formula is C24H34IN5O3. The summed E-state index contributed by atoms with van der Waals surface area (Å²) in [4.78, 5) is 17.8. The minimum Gasteiger partial charge on any atom is -0.497 e. The number of amides is 1. The number of benzene rings is 2. The fraction of sp³-hybridized carbons (Fsp3) is 0.417. The number of carbonyl (C=O) groups is 1. The Morgan fingerprint density at radius 1 is 1.12 bits per heavy atom. The van der Waals surface area contributed by atoms with Gasteiger partial charge in [-0.2, -0.15) is 0 Å². The van der Waals surface area contributed by atoms with Gasteiger partial charge in [-0.15, -0.1) is 24.0 Å². The van der Waals surface area contributed by atoms with Crippen LogP contribution in [0.2, 0.25) is 0 Å². The molecule has 0 radical (unpaired) electrons. The number of likely N-dealkylation sites (tertiary alicyclic amines) is 1. The number of guanidine groups is 1. The van der Waals surface area contributed by atoms with Gasteiger partial charge in [0.2, 0.25) is 0 Å². The van der Waals surface area contributed by atoms with Gasteiger partial charge < -0.3 is 25.8 Å². The van der Waals surface area contributed by atoms with E-state index in [1.54, 1.807) is 20.2 Å². The number of nitrogens with zero attached hydrogens (tertiary/aromatic N) is 2. The molecule has 1 amide bonds. The van der Waals surface area contributed by atoms with E-state index in [1.807, 2.05) is 30.3 Å². The third-order valence-electron chi connectivity index (χ3n) is 5.49. The number of nitrogens with one attached hydrogen (secondary N) is 2. The highest BCUT2D eigenvalue weighted by atomic mass is 127. The number of primary amides is 1. The molecule has 2 aromatic rings. The highest BCUT2D eigenvalue weighted by Gasteiger charge is 2.24. The lowest BCUT2D eigenvalue weighted by Gasteiger charge is -2.29. The van der Waals surface area contributed by atoms with E-state index >= 15 is 0 Å². The zero-order valence-corrected chi connectivity index (χ0v) is 21.6. The van der Waals surface area contributed by atoms with E-state index in [9.17, 15) is 4.79 Å². The average Bonchev–Trinajstić information content (AvgIpc) is 3.35. The van der Waals surface area contributed by atoms with Crippen LogP contribution in [0, 0.1) is 0 Å². The summed E-state index contributed by atoms with van der Waals surface area (Å²) in [5.41, 5.74) is 7.39. The highest BCUT2D eigenvalue weighted by molar-refractivity contribution is 14.0. The molecule has 3 rings (SSSR count). The predicted molar refractivity (Wildman–Crippen MR) is 141 cm³/mol. The molecule has 9 heteroatoms. The lowest BCUT2D eigenvalue weighted by Crippen LogP contribution is -2.42. The Labute approximate surface area is 212 Å². The van der Waals surface area contributed by atoms with E-state index in [0.29, 0.717) is 12.3 Å². The molecule has 0 aromatic heterocycles. The summed E-state index contributed by atoms with van der Waals surface area (Å²) in [6, 6.07) is 16.1. The number of hydrogen-bond acceptors (Lipinski definition) is 5. The van der Waals surface area contributed by atoms with Crippen LogP contribution >= 0.6 is 24.0 Å². The SMILES string of the molecule is CN=C(NCc1cccc(OCC(N)=O)c1)NCC(c1cccc(OC)c1)N1CCCC1.I. The summed E-state index contributed by atoms with van der Waals surface area (Å²) in [6.07, 6.45) is 2.45. The van der Waals surface area contributed by atoms with Crippen LogP contribution in [0.1, 0.15) is 30.0 Å². The molecule has 1 fully saturated rings. The smallest absolute Gasteiger partial charge is 0.255 e. The summed E-state index contributed by atoms with van der Waals surface area (Å²) in [5.74, 6) is 1.70. The molecule has 2 aromatic carbocycles. The summed E-state index contributed by atoms with van der Waals surface area (Å²) >= 11 is 0. The van der Waals surface area contributed by atoms with Gasteiger partial charge in [-0.1, -0.05) is 24.3 Å². The molecule has 1 heterocycles. The molecule has 0 bridgehead atoms. The van der Waals surface area contributed by atoms with E-state index in [0.717, 1.165) is 36.9 Å². The number of carbonyl (C=O) groups excluding carboxylic acids is 1. The second-order valence-corrected chi connectivity index (χ2v) is 7.74. The standard InChI is InChI=1S/C24H33N5O3.HI/c1-26-24(27-15-18-7-5-10-21(13-18)32-17-23(25)30)28-16-22(29-11-3-4-12-29)19-8-6-9-20(14-19)31-2;/h5-10,13-14,22H,3-4,11-12,15-17H2,1-2H3,(H2,25,30)(H2,26,27,28);1H. The van der Waals surface area contributed by atoms with Crippen LogP contribution in [0.5, 0.6) is 11.5 Å². The second kappa shape index (κ2) is 13.9. The molecule has 0 saturated carbocycles. The molecule has 1 saturated heterocycles. The van der Waals surface area contributed by atoms with E-state index in [4.69, 9.17) is 15.2 Å². The number of halogens is 1. The minimum atomic E-state index is -0.498. The van der Waals surface area contributed by atoms with Crippen molar-refractivity contribution in [1.29, 1.82) is 0 Å². The third kappa shape index (κ3) is 8.39. The van der Waals surface area contributed by atoms with Crippen molar-refractivity contribution >= 4 is 35.8 Å². The van der Waals surface area contributed by atoms with Gasteiger partial charge in [-0.05, 0) is 61.3 Å². The van der Waals surface area contributed by atoms with Crippen LogP contribution in [0.3, 0.4) is 0 Å². The van der Waals surface area contributed by atoms with Gasteiger partial charge in [-0.3, -0.25) is 14.7 Å². The molecular weight excluding hydrogens is 533 g/mol. The normalized spacial score (nSPS) is 14.8. The lowest BCUT2D eigenvalue weighted by molar-refractivity contribution is -0.119. The van der Waals surface area contributed by atoms with Gasteiger partial charge in [0.1, 0.15) is 11.5 Å². The number of rotatable bonds is 10. The Morgan fingerprint density at radius 2 is 1.85 bits per heavy atom. The van der Waals surface area contributed by atoms with Gasteiger partial charge >= 0.3 is 0 Å². The van der Waals surface area contributed by atoms with E-state index in [2.05, 4.69) is 32.7 Å². The molecule has 8 nitrogen and oxygen atoms in total. The van der Waals surface area contributed by atoms with Gasteiger partial charge in [0.25, 0.3) is 5.91 Å². The molecule has 1 aliphatic heterocycles. The van der Waals surface area contributed by atoms with Crippen molar-refractivity contribution in [3.63, 3.8) is 0 Å². The van der Waals surface area contributed by atoms with Crippen LogP contribution in [0.4, 0.5) is 0 Å². The molecule has 1 atom stereocenters. The summed E-state index contributed by atoms with van der Waals surface area (Å²) < 4.78 is 10.8. The first-order valence-electron chi connectivity index (χ1n) is 10.9. The zero-order valence-electron chi connectivity index (χ0n) is 19.3. The number of ether oxygens (including phenoxy) is 2. The lowest BCUT2D eigenvalue weighted by atomic mass is 10.1. The third-order valence-corrected chi connectivity index (χ3v) is 5.49. The number of methoxy groups -OCH3 is 1. The van der Waals surface area contributed by atoms with Crippen molar-refractivity contribution in [3.05, 3.63) is 59.7 Å². The maximum Gasteiger partial charge on any atom is 0.255 e. The van der Waals surface area contributed by atoms with E-state index < -0.39 is 5.91 Å². The van der Waals surface area contributed by atoms with Crippen LogP contribution in [0.15, 0.2) is 53.5 Å². The van der Waals surface area contributed by atoms with Crippen molar-refractivity contribution < 1.29 is 14.3 Å². The monoisotopic (exact) mass is 567 g/mol. The van der Waals surface area contributed by atoms with Crippen LogP contribution < -0.4 is 25.8 Å². The second-order valence-electron chi connectivity index (χ2n) is 7.74. The van der Waals surface area contributed by atoms with Crippen molar-refractivity contribution in [2.75, 3.05) is 40.4 Å². The number of nitrogens with two attached hydrogens (primary N) is 1. The summed E-state index contributed by atoms with van der Waals surface area (Å²) in [6.45, 7) is 3.35. The first kappa shape index (κ1) is 26.7. The first-order chi connectivity index (χ1) is 15.6. The Kier molecular flexibility index (Phi) is 11.2.